The van der Waals surface area contributed by atoms with Crippen molar-refractivity contribution in [2.24, 2.45) is 5.73 Å². The van der Waals surface area contributed by atoms with Crippen LogP contribution in [0.25, 0.3) is 0 Å². The Bertz CT molecular complexity index is 290. The summed E-state index contributed by atoms with van der Waals surface area (Å²) < 4.78 is 5.21. The number of benzene rings is 1. The summed E-state index contributed by atoms with van der Waals surface area (Å²) in [4.78, 5) is 0. The van der Waals surface area contributed by atoms with Gasteiger partial charge >= 0.3 is 0 Å². The molecular formula is C20H37NO. The molecule has 0 heterocycles. The standard InChI is InChI=1S/C12H27N.C8H10O/c1-2-3-4-5-6-7-8-9-10-11-12-13;1-2-9-8-6-4-3-5-7-8/h2-13H2,1H3;3-7H,2H2,1H3. The quantitative estimate of drug-likeness (QED) is 0.484. The average molecular weight is 308 g/mol. The second kappa shape index (κ2) is 18.0. The Morgan fingerprint density at radius 3 is 1.68 bits per heavy atom. The third kappa shape index (κ3) is 15.4. The average Bonchev–Trinajstić information content (AvgIpc) is 2.55. The molecule has 0 aliphatic heterocycles. The topological polar surface area (TPSA) is 35.2 Å². The van der Waals surface area contributed by atoms with E-state index < -0.39 is 0 Å². The molecule has 1 aromatic carbocycles. The molecule has 2 heteroatoms. The van der Waals surface area contributed by atoms with Gasteiger partial charge in [0.05, 0.1) is 6.61 Å². The molecule has 0 saturated carbocycles. The minimum absolute atomic E-state index is 0.740. The van der Waals surface area contributed by atoms with Crippen molar-refractivity contribution in [3.8, 4) is 5.75 Å². The highest BCUT2D eigenvalue weighted by atomic mass is 16.5. The first-order valence-electron chi connectivity index (χ1n) is 9.23. The molecule has 2 N–H and O–H groups in total. The molecule has 0 fully saturated rings. The van der Waals surface area contributed by atoms with Crippen LogP contribution in [0.2, 0.25) is 0 Å². The van der Waals surface area contributed by atoms with Gasteiger partial charge in [0.2, 0.25) is 0 Å². The van der Waals surface area contributed by atoms with Gasteiger partial charge in [-0.1, -0.05) is 82.9 Å². The van der Waals surface area contributed by atoms with Gasteiger partial charge in [-0.3, -0.25) is 0 Å². The van der Waals surface area contributed by atoms with Crippen molar-refractivity contribution in [3.05, 3.63) is 30.3 Å². The Balaban J connectivity index is 0.000000425. The normalized spacial score (nSPS) is 9.95. The Morgan fingerprint density at radius 1 is 0.727 bits per heavy atom. The molecule has 0 aliphatic rings. The summed E-state index contributed by atoms with van der Waals surface area (Å²) in [5.41, 5.74) is 5.42. The van der Waals surface area contributed by atoms with Crippen molar-refractivity contribution in [1.82, 2.24) is 0 Å². The maximum atomic E-state index is 5.42. The van der Waals surface area contributed by atoms with Gasteiger partial charge in [0.1, 0.15) is 5.75 Å². The number of hydrogen-bond acceptors (Lipinski definition) is 2. The molecule has 0 bridgehead atoms. The lowest BCUT2D eigenvalue weighted by atomic mass is 10.1. The zero-order chi connectivity index (χ0) is 16.3. The molecule has 1 aromatic rings. The molecule has 2 nitrogen and oxygen atoms in total. The summed E-state index contributed by atoms with van der Waals surface area (Å²) in [6.45, 7) is 5.86. The van der Waals surface area contributed by atoms with Crippen molar-refractivity contribution in [2.75, 3.05) is 13.2 Å². The molecule has 0 saturated heterocycles. The van der Waals surface area contributed by atoms with Crippen LogP contribution in [0.4, 0.5) is 0 Å². The molecular weight excluding hydrogens is 270 g/mol. The Labute approximate surface area is 138 Å². The van der Waals surface area contributed by atoms with E-state index in [1.165, 1.54) is 64.2 Å². The number of ether oxygens (including phenoxy) is 1. The van der Waals surface area contributed by atoms with Crippen LogP contribution in [-0.2, 0) is 0 Å². The second-order valence-electron chi connectivity index (χ2n) is 5.72. The van der Waals surface area contributed by atoms with Crippen molar-refractivity contribution in [2.45, 2.75) is 78.1 Å². The summed E-state index contributed by atoms with van der Waals surface area (Å²) in [5, 5.41) is 0. The third-order valence-corrected chi connectivity index (χ3v) is 3.61. The Hall–Kier alpha value is -1.02. The van der Waals surface area contributed by atoms with E-state index in [9.17, 15) is 0 Å². The van der Waals surface area contributed by atoms with Crippen LogP contribution in [0.1, 0.15) is 78.1 Å². The molecule has 22 heavy (non-hydrogen) atoms. The molecule has 128 valence electrons. The van der Waals surface area contributed by atoms with E-state index in [2.05, 4.69) is 6.92 Å². The molecule has 0 unspecified atom stereocenters. The number of hydrogen-bond donors (Lipinski definition) is 1. The third-order valence-electron chi connectivity index (χ3n) is 3.61. The Morgan fingerprint density at radius 2 is 1.23 bits per heavy atom. The van der Waals surface area contributed by atoms with Gasteiger partial charge < -0.3 is 10.5 Å². The number of unbranched alkanes of at least 4 members (excludes halogenated alkanes) is 9. The maximum absolute atomic E-state index is 5.42. The Kier molecular flexibility index (Phi) is 17.2. The molecule has 0 amide bonds. The molecule has 0 radical (unpaired) electrons. The van der Waals surface area contributed by atoms with Crippen LogP contribution < -0.4 is 10.5 Å². The lowest BCUT2D eigenvalue weighted by Gasteiger charge is -2.00. The van der Waals surface area contributed by atoms with E-state index in [0.29, 0.717) is 0 Å². The van der Waals surface area contributed by atoms with Gasteiger partial charge in [0.15, 0.2) is 0 Å². The first kappa shape index (κ1) is 21.0. The molecule has 0 aliphatic carbocycles. The van der Waals surface area contributed by atoms with Crippen LogP contribution in [0.5, 0.6) is 5.75 Å². The minimum atomic E-state index is 0.740. The summed E-state index contributed by atoms with van der Waals surface area (Å²) in [7, 11) is 0. The van der Waals surface area contributed by atoms with Gasteiger partial charge in [0, 0.05) is 0 Å². The first-order valence-corrected chi connectivity index (χ1v) is 9.23. The first-order chi connectivity index (χ1) is 10.8. The smallest absolute Gasteiger partial charge is 0.119 e. The van der Waals surface area contributed by atoms with Crippen molar-refractivity contribution in [3.63, 3.8) is 0 Å². The van der Waals surface area contributed by atoms with Crippen LogP contribution >= 0.6 is 0 Å². The van der Waals surface area contributed by atoms with Crippen LogP contribution in [0, 0.1) is 0 Å². The van der Waals surface area contributed by atoms with E-state index in [1.54, 1.807) is 0 Å². The zero-order valence-electron chi connectivity index (χ0n) is 14.9. The number of rotatable bonds is 12. The summed E-state index contributed by atoms with van der Waals surface area (Å²) in [6, 6.07) is 9.80. The molecule has 1 rings (SSSR count). The fraction of sp³-hybridized carbons (Fsp3) is 0.700. The van der Waals surface area contributed by atoms with E-state index in [0.717, 1.165) is 18.9 Å². The largest absolute Gasteiger partial charge is 0.494 e. The highest BCUT2D eigenvalue weighted by molar-refractivity contribution is 5.20. The zero-order valence-corrected chi connectivity index (χ0v) is 14.9. The highest BCUT2D eigenvalue weighted by Gasteiger charge is 1.91. The van der Waals surface area contributed by atoms with Gasteiger partial charge in [0.25, 0.3) is 0 Å². The van der Waals surface area contributed by atoms with Crippen molar-refractivity contribution < 1.29 is 4.74 Å². The maximum Gasteiger partial charge on any atom is 0.119 e. The fourth-order valence-electron chi connectivity index (χ4n) is 2.32. The molecule has 0 aromatic heterocycles. The second-order valence-corrected chi connectivity index (χ2v) is 5.72. The predicted octanol–water partition coefficient (Wildman–Crippen LogP) is 5.95. The SMILES string of the molecule is CCCCCCCCCCCCN.CCOc1ccccc1. The summed E-state index contributed by atoms with van der Waals surface area (Å²) >= 11 is 0. The lowest BCUT2D eigenvalue weighted by Crippen LogP contribution is -1.97. The van der Waals surface area contributed by atoms with Crippen LogP contribution in [0.15, 0.2) is 30.3 Å². The molecule has 0 atom stereocenters. The van der Waals surface area contributed by atoms with Crippen LogP contribution in [0.3, 0.4) is 0 Å². The van der Waals surface area contributed by atoms with Crippen LogP contribution in [-0.4, -0.2) is 13.2 Å². The van der Waals surface area contributed by atoms with Gasteiger partial charge in [-0.2, -0.15) is 0 Å². The summed E-state index contributed by atoms with van der Waals surface area (Å²) in [6.07, 6.45) is 13.9. The van der Waals surface area contributed by atoms with E-state index >= 15 is 0 Å². The van der Waals surface area contributed by atoms with E-state index in [1.807, 2.05) is 37.3 Å². The number of nitrogens with two attached hydrogens (primary N) is 1. The van der Waals surface area contributed by atoms with Crippen molar-refractivity contribution in [1.29, 1.82) is 0 Å². The van der Waals surface area contributed by atoms with E-state index in [-0.39, 0.29) is 0 Å². The lowest BCUT2D eigenvalue weighted by molar-refractivity contribution is 0.340. The monoisotopic (exact) mass is 307 g/mol. The highest BCUT2D eigenvalue weighted by Crippen LogP contribution is 2.10. The summed E-state index contributed by atoms with van der Waals surface area (Å²) in [5.74, 6) is 0.944. The molecule has 0 spiro atoms. The van der Waals surface area contributed by atoms with E-state index in [4.69, 9.17) is 10.5 Å². The number of para-hydroxylation sites is 1. The van der Waals surface area contributed by atoms with Gasteiger partial charge in [-0.15, -0.1) is 0 Å². The van der Waals surface area contributed by atoms with Crippen molar-refractivity contribution >= 4 is 0 Å². The predicted molar refractivity (Wildman–Crippen MR) is 98.5 cm³/mol. The minimum Gasteiger partial charge on any atom is -0.494 e. The van der Waals surface area contributed by atoms with Gasteiger partial charge in [-0.05, 0) is 32.0 Å². The fourth-order valence-corrected chi connectivity index (χ4v) is 2.32. The van der Waals surface area contributed by atoms with Gasteiger partial charge in [-0.25, -0.2) is 0 Å².